The summed E-state index contributed by atoms with van der Waals surface area (Å²) in [5, 5.41) is 7.09. The predicted molar refractivity (Wildman–Crippen MR) is 83.9 cm³/mol. The van der Waals surface area contributed by atoms with Gasteiger partial charge in [-0.15, -0.1) is 11.3 Å². The molecule has 1 amide bonds. The number of piperazine rings is 1. The highest BCUT2D eigenvalue weighted by molar-refractivity contribution is 7.09. The zero-order chi connectivity index (χ0) is 15.5. The summed E-state index contributed by atoms with van der Waals surface area (Å²) in [7, 11) is 0. The fourth-order valence-corrected chi connectivity index (χ4v) is 3.28. The van der Waals surface area contributed by atoms with E-state index in [4.69, 9.17) is 4.52 Å². The molecule has 0 bridgehead atoms. The van der Waals surface area contributed by atoms with E-state index < -0.39 is 0 Å². The Kier molecular flexibility index (Phi) is 4.54. The predicted octanol–water partition coefficient (Wildman–Crippen LogP) is 1.96. The van der Waals surface area contributed by atoms with Crippen LogP contribution in [0.4, 0.5) is 0 Å². The normalized spacial score (nSPS) is 16.2. The van der Waals surface area contributed by atoms with Crippen molar-refractivity contribution < 1.29 is 9.32 Å². The lowest BCUT2D eigenvalue weighted by atomic mass is 10.2. The number of thiazole rings is 1. The lowest BCUT2D eigenvalue weighted by Crippen LogP contribution is -2.48. The minimum absolute atomic E-state index is 0.0674. The standard InChI is InChI=1S/C15H20N4O2S/c1-3-14-16-12(10-22-14)9-18-4-6-19(7-5-18)15(20)13-8-11(2)17-21-13/h8,10H,3-7,9H2,1-2H3. The van der Waals surface area contributed by atoms with Crippen LogP contribution >= 0.6 is 11.3 Å². The maximum atomic E-state index is 12.3. The van der Waals surface area contributed by atoms with Crippen LogP contribution in [-0.4, -0.2) is 52.0 Å². The first kappa shape index (κ1) is 15.2. The quantitative estimate of drug-likeness (QED) is 0.862. The minimum Gasteiger partial charge on any atom is -0.351 e. The summed E-state index contributed by atoms with van der Waals surface area (Å²) in [5.74, 6) is 0.264. The third-order valence-electron chi connectivity index (χ3n) is 3.79. The molecule has 118 valence electrons. The van der Waals surface area contributed by atoms with E-state index in [1.165, 1.54) is 5.01 Å². The van der Waals surface area contributed by atoms with Gasteiger partial charge in [-0.25, -0.2) is 4.98 Å². The highest BCUT2D eigenvalue weighted by Gasteiger charge is 2.24. The van der Waals surface area contributed by atoms with Crippen molar-refractivity contribution >= 4 is 17.2 Å². The Bertz CT molecular complexity index is 644. The van der Waals surface area contributed by atoms with Crippen LogP contribution in [0.2, 0.25) is 0 Å². The van der Waals surface area contributed by atoms with E-state index in [9.17, 15) is 4.79 Å². The van der Waals surface area contributed by atoms with Gasteiger partial charge in [0.15, 0.2) is 0 Å². The molecule has 0 aliphatic carbocycles. The number of carbonyl (C=O) groups is 1. The molecule has 1 aliphatic rings. The largest absolute Gasteiger partial charge is 0.351 e. The van der Waals surface area contributed by atoms with Crippen LogP contribution in [-0.2, 0) is 13.0 Å². The van der Waals surface area contributed by atoms with Gasteiger partial charge >= 0.3 is 0 Å². The maximum absolute atomic E-state index is 12.3. The molecule has 22 heavy (non-hydrogen) atoms. The van der Waals surface area contributed by atoms with E-state index in [2.05, 4.69) is 27.3 Å². The van der Waals surface area contributed by atoms with Gasteiger partial charge in [0.2, 0.25) is 5.76 Å². The third kappa shape index (κ3) is 3.36. The summed E-state index contributed by atoms with van der Waals surface area (Å²) in [6, 6.07) is 1.69. The van der Waals surface area contributed by atoms with Crippen LogP contribution in [0.15, 0.2) is 16.0 Å². The highest BCUT2D eigenvalue weighted by atomic mass is 32.1. The molecule has 0 N–H and O–H groups in total. The van der Waals surface area contributed by atoms with Gasteiger partial charge in [0, 0.05) is 44.2 Å². The average Bonchev–Trinajstić information content (AvgIpc) is 3.16. The fourth-order valence-electron chi connectivity index (χ4n) is 2.54. The van der Waals surface area contributed by atoms with Crippen molar-refractivity contribution in [3.63, 3.8) is 0 Å². The summed E-state index contributed by atoms with van der Waals surface area (Å²) in [4.78, 5) is 21.0. The molecule has 0 aromatic carbocycles. The summed E-state index contributed by atoms with van der Waals surface area (Å²) in [6.45, 7) is 7.94. The first-order valence-corrected chi connectivity index (χ1v) is 8.42. The molecule has 0 radical (unpaired) electrons. The summed E-state index contributed by atoms with van der Waals surface area (Å²) >= 11 is 1.72. The Hall–Kier alpha value is -1.73. The lowest BCUT2D eigenvalue weighted by molar-refractivity contribution is 0.0587. The van der Waals surface area contributed by atoms with Crippen LogP contribution in [0, 0.1) is 6.92 Å². The van der Waals surface area contributed by atoms with E-state index in [-0.39, 0.29) is 5.91 Å². The number of hydrogen-bond donors (Lipinski definition) is 0. The molecule has 0 unspecified atom stereocenters. The molecule has 1 aliphatic heterocycles. The highest BCUT2D eigenvalue weighted by Crippen LogP contribution is 2.15. The summed E-state index contributed by atoms with van der Waals surface area (Å²) in [5.41, 5.74) is 1.87. The fraction of sp³-hybridized carbons (Fsp3) is 0.533. The number of hydrogen-bond acceptors (Lipinski definition) is 6. The number of aromatic nitrogens is 2. The Labute approximate surface area is 133 Å². The van der Waals surface area contributed by atoms with Crippen LogP contribution in [0.1, 0.15) is 33.9 Å². The second-order valence-electron chi connectivity index (χ2n) is 5.49. The van der Waals surface area contributed by atoms with E-state index in [0.717, 1.165) is 37.4 Å². The van der Waals surface area contributed by atoms with Gasteiger partial charge < -0.3 is 9.42 Å². The monoisotopic (exact) mass is 320 g/mol. The molecule has 1 fully saturated rings. The molecule has 6 nitrogen and oxygen atoms in total. The van der Waals surface area contributed by atoms with Gasteiger partial charge in [-0.3, -0.25) is 9.69 Å². The average molecular weight is 320 g/mol. The maximum Gasteiger partial charge on any atom is 0.292 e. The molecule has 3 rings (SSSR count). The molecule has 2 aromatic heterocycles. The van der Waals surface area contributed by atoms with Gasteiger partial charge in [-0.1, -0.05) is 12.1 Å². The summed E-state index contributed by atoms with van der Waals surface area (Å²) in [6.07, 6.45) is 0.990. The molecule has 7 heteroatoms. The van der Waals surface area contributed by atoms with Crippen molar-refractivity contribution in [2.75, 3.05) is 26.2 Å². The third-order valence-corrected chi connectivity index (χ3v) is 4.83. The Morgan fingerprint density at radius 1 is 1.36 bits per heavy atom. The molecule has 0 spiro atoms. The van der Waals surface area contributed by atoms with Crippen molar-refractivity contribution in [3.8, 4) is 0 Å². The molecule has 0 saturated carbocycles. The lowest BCUT2D eigenvalue weighted by Gasteiger charge is -2.33. The SMILES string of the molecule is CCc1nc(CN2CCN(C(=O)c3cc(C)no3)CC2)cs1. The number of rotatable bonds is 4. The van der Waals surface area contributed by atoms with Crippen LogP contribution in [0.5, 0.6) is 0 Å². The van der Waals surface area contributed by atoms with Crippen molar-refractivity contribution in [2.24, 2.45) is 0 Å². The van der Waals surface area contributed by atoms with Gasteiger partial charge in [-0.05, 0) is 13.3 Å². The molecular weight excluding hydrogens is 300 g/mol. The number of nitrogens with zero attached hydrogens (tertiary/aromatic N) is 4. The number of carbonyl (C=O) groups excluding carboxylic acids is 1. The van der Waals surface area contributed by atoms with Gasteiger partial charge in [0.1, 0.15) is 0 Å². The number of aryl methyl sites for hydroxylation is 2. The van der Waals surface area contributed by atoms with Crippen LogP contribution in [0.25, 0.3) is 0 Å². The van der Waals surface area contributed by atoms with Gasteiger partial charge in [-0.2, -0.15) is 0 Å². The molecule has 2 aromatic rings. The van der Waals surface area contributed by atoms with E-state index in [0.29, 0.717) is 18.8 Å². The smallest absolute Gasteiger partial charge is 0.292 e. The van der Waals surface area contributed by atoms with Crippen molar-refractivity contribution in [2.45, 2.75) is 26.8 Å². The van der Waals surface area contributed by atoms with Crippen molar-refractivity contribution in [1.29, 1.82) is 0 Å². The van der Waals surface area contributed by atoms with E-state index >= 15 is 0 Å². The molecular formula is C15H20N4O2S. The topological polar surface area (TPSA) is 62.5 Å². The van der Waals surface area contributed by atoms with Crippen molar-refractivity contribution in [1.82, 2.24) is 19.9 Å². The second kappa shape index (κ2) is 6.58. The zero-order valence-electron chi connectivity index (χ0n) is 12.9. The Morgan fingerprint density at radius 2 is 2.14 bits per heavy atom. The Morgan fingerprint density at radius 3 is 2.73 bits per heavy atom. The second-order valence-corrected chi connectivity index (χ2v) is 6.43. The summed E-state index contributed by atoms with van der Waals surface area (Å²) < 4.78 is 5.05. The number of amides is 1. The molecule has 0 atom stereocenters. The molecule has 3 heterocycles. The first-order valence-electron chi connectivity index (χ1n) is 7.54. The molecule has 1 saturated heterocycles. The zero-order valence-corrected chi connectivity index (χ0v) is 13.7. The van der Waals surface area contributed by atoms with E-state index in [1.54, 1.807) is 17.4 Å². The Balaban J connectivity index is 1.52. The van der Waals surface area contributed by atoms with Gasteiger partial charge in [0.05, 0.1) is 16.4 Å². The van der Waals surface area contributed by atoms with Crippen LogP contribution in [0.3, 0.4) is 0 Å². The minimum atomic E-state index is -0.0674. The van der Waals surface area contributed by atoms with Crippen molar-refractivity contribution in [3.05, 3.63) is 33.6 Å². The van der Waals surface area contributed by atoms with Crippen LogP contribution < -0.4 is 0 Å². The van der Waals surface area contributed by atoms with E-state index in [1.807, 2.05) is 11.8 Å². The first-order chi connectivity index (χ1) is 10.7. The van der Waals surface area contributed by atoms with Gasteiger partial charge in [0.25, 0.3) is 5.91 Å².